The molecule has 1 aromatic carbocycles. The number of hydrogen-bond acceptors (Lipinski definition) is 0. The zero-order chi connectivity index (χ0) is 17.0. The monoisotopic (exact) mass is 371 g/mol. The molecule has 3 heteroatoms. The van der Waals surface area contributed by atoms with Crippen molar-refractivity contribution in [3.05, 3.63) is 47.0 Å². The number of hydrogen-bond donors (Lipinski definition) is 0. The van der Waals surface area contributed by atoms with Gasteiger partial charge in [-0.05, 0) is 56.9 Å². The van der Waals surface area contributed by atoms with Crippen molar-refractivity contribution in [1.29, 1.82) is 0 Å². The van der Waals surface area contributed by atoms with Crippen LogP contribution in [0.1, 0.15) is 58.4 Å². The third-order valence-corrected chi connectivity index (χ3v) is 5.26. The van der Waals surface area contributed by atoms with Gasteiger partial charge >= 0.3 is 0 Å². The number of benzene rings is 1. The Morgan fingerprint density at radius 2 is 1.50 bits per heavy atom. The van der Waals surface area contributed by atoms with E-state index in [0.717, 1.165) is 18.0 Å². The fraction of sp³-hybridized carbons (Fsp3) is 0.619. The molecule has 24 heavy (non-hydrogen) atoms. The second kappa shape index (κ2) is 13.8. The van der Waals surface area contributed by atoms with Crippen LogP contribution in [-0.4, -0.2) is 30.7 Å². The molecule has 0 spiro atoms. The van der Waals surface area contributed by atoms with E-state index in [1.165, 1.54) is 61.8 Å². The summed E-state index contributed by atoms with van der Waals surface area (Å²) in [4.78, 5) is 0. The standard InChI is InChI=1S/C21H35ClN.ClH/c1-4-7-8-9-11-18-23(5-2,6-3)19-12-10-13-20-14-16-21(22)17-15-20;/h10,12,14-17H,4-9,11,13,18-19H2,1-3H3;1H/q+1;/p-1. The number of rotatable bonds is 12. The van der Waals surface area contributed by atoms with Crippen LogP contribution in [0, 0.1) is 0 Å². The van der Waals surface area contributed by atoms with Crippen LogP contribution >= 0.6 is 11.6 Å². The molecule has 0 radical (unpaired) electrons. The van der Waals surface area contributed by atoms with Gasteiger partial charge in [0.15, 0.2) is 0 Å². The molecule has 0 saturated carbocycles. The van der Waals surface area contributed by atoms with Crippen LogP contribution in [0.25, 0.3) is 0 Å². The largest absolute Gasteiger partial charge is 1.00 e. The Bertz CT molecular complexity index is 436. The maximum atomic E-state index is 5.93. The van der Waals surface area contributed by atoms with Crippen LogP contribution in [0.2, 0.25) is 5.02 Å². The van der Waals surface area contributed by atoms with Crippen LogP contribution in [0.15, 0.2) is 36.4 Å². The smallest absolute Gasteiger partial charge is 0.0973 e. The van der Waals surface area contributed by atoms with Crippen LogP contribution in [-0.2, 0) is 6.42 Å². The first-order chi connectivity index (χ1) is 11.2. The van der Waals surface area contributed by atoms with Gasteiger partial charge in [-0.15, -0.1) is 0 Å². The Balaban J connectivity index is 0.00000529. The molecule has 1 aromatic rings. The van der Waals surface area contributed by atoms with Crippen molar-refractivity contribution in [2.75, 3.05) is 26.2 Å². The van der Waals surface area contributed by atoms with Crippen molar-refractivity contribution in [3.8, 4) is 0 Å². The number of allylic oxidation sites excluding steroid dienone is 1. The zero-order valence-electron chi connectivity index (χ0n) is 15.7. The van der Waals surface area contributed by atoms with Crippen LogP contribution < -0.4 is 12.4 Å². The summed E-state index contributed by atoms with van der Waals surface area (Å²) >= 11 is 5.93. The molecule has 0 unspecified atom stereocenters. The first-order valence-electron chi connectivity index (χ1n) is 9.40. The Labute approximate surface area is 161 Å². The molecule has 0 aliphatic carbocycles. The van der Waals surface area contributed by atoms with Crippen LogP contribution in [0.5, 0.6) is 0 Å². The van der Waals surface area contributed by atoms with Gasteiger partial charge in [0.25, 0.3) is 0 Å². The number of quaternary nitrogens is 1. The van der Waals surface area contributed by atoms with E-state index < -0.39 is 0 Å². The summed E-state index contributed by atoms with van der Waals surface area (Å²) in [6.07, 6.45) is 12.6. The summed E-state index contributed by atoms with van der Waals surface area (Å²) < 4.78 is 1.23. The van der Waals surface area contributed by atoms with Gasteiger partial charge in [0.05, 0.1) is 26.2 Å². The number of halogens is 2. The summed E-state index contributed by atoms with van der Waals surface area (Å²) in [5, 5.41) is 0.813. The molecule has 1 nitrogen and oxygen atoms in total. The van der Waals surface area contributed by atoms with Gasteiger partial charge in [-0.25, -0.2) is 0 Å². The van der Waals surface area contributed by atoms with E-state index in [-0.39, 0.29) is 12.4 Å². The van der Waals surface area contributed by atoms with E-state index in [9.17, 15) is 0 Å². The van der Waals surface area contributed by atoms with Gasteiger partial charge in [0.1, 0.15) is 0 Å². The molecule has 0 heterocycles. The maximum Gasteiger partial charge on any atom is 0.0973 e. The average Bonchev–Trinajstić information content (AvgIpc) is 2.58. The van der Waals surface area contributed by atoms with E-state index in [4.69, 9.17) is 11.6 Å². The molecule has 0 atom stereocenters. The van der Waals surface area contributed by atoms with E-state index in [2.05, 4.69) is 45.1 Å². The highest BCUT2D eigenvalue weighted by molar-refractivity contribution is 6.30. The summed E-state index contributed by atoms with van der Waals surface area (Å²) in [7, 11) is 0. The predicted octanol–water partition coefficient (Wildman–Crippen LogP) is 3.27. The molecule has 1 rings (SSSR count). The lowest BCUT2D eigenvalue weighted by Crippen LogP contribution is -3.00. The Morgan fingerprint density at radius 1 is 0.875 bits per heavy atom. The molecule has 0 aromatic heterocycles. The molecule has 0 amide bonds. The van der Waals surface area contributed by atoms with Crippen molar-refractivity contribution in [3.63, 3.8) is 0 Å². The van der Waals surface area contributed by atoms with Gasteiger partial charge in [0.2, 0.25) is 0 Å². The van der Waals surface area contributed by atoms with E-state index in [1.54, 1.807) is 0 Å². The highest BCUT2D eigenvalue weighted by atomic mass is 35.5. The summed E-state index contributed by atoms with van der Waals surface area (Å²) in [5.74, 6) is 0. The molecule has 0 saturated heterocycles. The Morgan fingerprint density at radius 3 is 2.08 bits per heavy atom. The van der Waals surface area contributed by atoms with Gasteiger partial charge < -0.3 is 16.9 Å². The molecular formula is C21H35Cl2N. The summed E-state index contributed by atoms with van der Waals surface area (Å²) in [6.45, 7) is 11.9. The van der Waals surface area contributed by atoms with Crippen molar-refractivity contribution < 1.29 is 16.9 Å². The normalized spacial score (nSPS) is 11.7. The fourth-order valence-electron chi connectivity index (χ4n) is 3.08. The van der Waals surface area contributed by atoms with Crippen LogP contribution in [0.3, 0.4) is 0 Å². The number of unbranched alkanes of at least 4 members (excludes halogenated alkanes) is 4. The molecule has 0 aliphatic rings. The molecule has 0 N–H and O–H groups in total. The van der Waals surface area contributed by atoms with Crippen molar-refractivity contribution in [1.82, 2.24) is 0 Å². The first-order valence-corrected chi connectivity index (χ1v) is 9.78. The van der Waals surface area contributed by atoms with Gasteiger partial charge in [-0.1, -0.05) is 56.0 Å². The second-order valence-corrected chi connectivity index (χ2v) is 7.03. The van der Waals surface area contributed by atoms with E-state index >= 15 is 0 Å². The number of nitrogens with zero attached hydrogens (tertiary/aromatic N) is 1. The first kappa shape index (κ1) is 23.5. The predicted molar refractivity (Wildman–Crippen MR) is 104 cm³/mol. The van der Waals surface area contributed by atoms with E-state index in [0.29, 0.717) is 0 Å². The topological polar surface area (TPSA) is 0 Å². The minimum Gasteiger partial charge on any atom is -1.00 e. The minimum atomic E-state index is 0. The SMILES string of the molecule is CCCCCCC[N+](CC)(CC)CC=CCc1ccc(Cl)cc1.[Cl-]. The molecule has 138 valence electrons. The Hall–Kier alpha value is -0.500. The second-order valence-electron chi connectivity index (χ2n) is 6.60. The maximum absolute atomic E-state index is 5.93. The van der Waals surface area contributed by atoms with Gasteiger partial charge in [0, 0.05) is 5.02 Å². The lowest BCUT2D eigenvalue weighted by atomic mass is 10.1. The molecular weight excluding hydrogens is 337 g/mol. The average molecular weight is 372 g/mol. The van der Waals surface area contributed by atoms with Gasteiger partial charge in [-0.2, -0.15) is 0 Å². The number of likely N-dealkylation sites (N-methyl/N-ethyl adjacent to an activating group) is 1. The summed E-state index contributed by atoms with van der Waals surface area (Å²) in [6, 6.07) is 8.17. The third-order valence-electron chi connectivity index (χ3n) is 5.00. The van der Waals surface area contributed by atoms with Crippen molar-refractivity contribution in [2.45, 2.75) is 59.3 Å². The lowest BCUT2D eigenvalue weighted by molar-refractivity contribution is -0.919. The molecule has 0 bridgehead atoms. The fourth-order valence-corrected chi connectivity index (χ4v) is 3.20. The minimum absolute atomic E-state index is 0. The highest BCUT2D eigenvalue weighted by Crippen LogP contribution is 2.13. The lowest BCUT2D eigenvalue weighted by Gasteiger charge is -2.36. The highest BCUT2D eigenvalue weighted by Gasteiger charge is 2.20. The molecule has 0 fully saturated rings. The summed E-state index contributed by atoms with van der Waals surface area (Å²) in [5.41, 5.74) is 1.33. The molecule has 0 aliphatic heterocycles. The zero-order valence-corrected chi connectivity index (χ0v) is 17.3. The van der Waals surface area contributed by atoms with Crippen LogP contribution in [0.4, 0.5) is 0 Å². The third kappa shape index (κ3) is 9.11. The van der Waals surface area contributed by atoms with E-state index in [1.807, 2.05) is 12.1 Å². The van der Waals surface area contributed by atoms with Crippen molar-refractivity contribution in [2.24, 2.45) is 0 Å². The van der Waals surface area contributed by atoms with Gasteiger partial charge in [-0.3, -0.25) is 0 Å². The quantitative estimate of drug-likeness (QED) is 0.300. The van der Waals surface area contributed by atoms with Crippen molar-refractivity contribution >= 4 is 11.6 Å². The Kier molecular flexibility index (Phi) is 13.5.